The molecule has 0 aromatic heterocycles. The van der Waals surface area contributed by atoms with Crippen molar-refractivity contribution in [2.75, 3.05) is 39.4 Å². The Morgan fingerprint density at radius 1 is 0.962 bits per heavy atom. The average Bonchev–Trinajstić information content (AvgIpc) is 2.98. The maximum absolute atomic E-state index is 12.8. The zero-order chi connectivity index (χ0) is 17.8. The van der Waals surface area contributed by atoms with E-state index in [1.165, 1.54) is 31.2 Å². The van der Waals surface area contributed by atoms with E-state index < -0.39 is 0 Å². The number of carbonyl (C=O) groups is 1. The van der Waals surface area contributed by atoms with Gasteiger partial charge in [-0.05, 0) is 44.8 Å². The van der Waals surface area contributed by atoms with Crippen LogP contribution in [-0.4, -0.2) is 55.1 Å². The third-order valence-electron chi connectivity index (χ3n) is 5.90. The van der Waals surface area contributed by atoms with Crippen molar-refractivity contribution in [3.63, 3.8) is 0 Å². The molecular weight excluding hydrogens is 328 g/mol. The van der Waals surface area contributed by atoms with Crippen LogP contribution in [0.3, 0.4) is 0 Å². The summed E-state index contributed by atoms with van der Waals surface area (Å²) in [6.07, 6.45) is 6.84. The van der Waals surface area contributed by atoms with Crippen LogP contribution in [0.1, 0.15) is 44.1 Å². The molecule has 3 aliphatic heterocycles. The van der Waals surface area contributed by atoms with E-state index >= 15 is 0 Å². The number of hydrogen-bond donors (Lipinski definition) is 0. The van der Waals surface area contributed by atoms with Crippen molar-refractivity contribution in [3.8, 4) is 11.5 Å². The van der Waals surface area contributed by atoms with E-state index in [2.05, 4.69) is 15.9 Å². The van der Waals surface area contributed by atoms with Crippen LogP contribution in [0.4, 0.5) is 0 Å². The number of ether oxygens (including phenoxy) is 2. The summed E-state index contributed by atoms with van der Waals surface area (Å²) in [7, 11) is 0. The number of nitrogens with zero attached hydrogens (tertiary/aromatic N) is 2. The monoisotopic (exact) mass is 358 g/mol. The summed E-state index contributed by atoms with van der Waals surface area (Å²) in [5.74, 6) is 2.38. The average molecular weight is 358 g/mol. The van der Waals surface area contributed by atoms with Crippen molar-refractivity contribution in [2.24, 2.45) is 5.92 Å². The van der Waals surface area contributed by atoms with Crippen molar-refractivity contribution >= 4 is 5.91 Å². The first-order valence-corrected chi connectivity index (χ1v) is 10.2. The number of likely N-dealkylation sites (tertiary alicyclic amines) is 2. The molecule has 3 heterocycles. The van der Waals surface area contributed by atoms with Gasteiger partial charge in [-0.2, -0.15) is 0 Å². The quantitative estimate of drug-likeness (QED) is 0.833. The van der Waals surface area contributed by atoms with E-state index in [-0.39, 0.29) is 5.92 Å². The van der Waals surface area contributed by atoms with Gasteiger partial charge in [0.05, 0.1) is 0 Å². The second kappa shape index (κ2) is 8.30. The van der Waals surface area contributed by atoms with E-state index in [4.69, 9.17) is 9.47 Å². The van der Waals surface area contributed by atoms with Crippen LogP contribution in [0.2, 0.25) is 0 Å². The minimum absolute atomic E-state index is 0.216. The predicted octanol–water partition coefficient (Wildman–Crippen LogP) is 3.07. The third kappa shape index (κ3) is 3.98. The standard InChI is InChI=1S/C21H30N2O3/c24-21(23-10-3-1-2-4-11-23)17-8-12-22(13-9-17)16-18-6-5-7-19-20(18)26-15-14-25-19/h5-7,17H,1-4,8-16H2. The van der Waals surface area contributed by atoms with Gasteiger partial charge in [0.2, 0.25) is 5.91 Å². The van der Waals surface area contributed by atoms with Gasteiger partial charge in [-0.25, -0.2) is 0 Å². The Kier molecular flexibility index (Phi) is 5.63. The number of benzene rings is 1. The van der Waals surface area contributed by atoms with Crippen LogP contribution in [-0.2, 0) is 11.3 Å². The molecule has 1 aromatic carbocycles. The Hall–Kier alpha value is -1.75. The number of fused-ring (bicyclic) bond motifs is 1. The van der Waals surface area contributed by atoms with E-state index in [0.29, 0.717) is 19.1 Å². The SMILES string of the molecule is O=C(C1CCN(Cc2cccc3c2OCCO3)CC1)N1CCCCCC1. The zero-order valence-corrected chi connectivity index (χ0v) is 15.6. The third-order valence-corrected chi connectivity index (χ3v) is 5.90. The van der Waals surface area contributed by atoms with Crippen molar-refractivity contribution < 1.29 is 14.3 Å². The van der Waals surface area contributed by atoms with E-state index in [1.807, 2.05) is 12.1 Å². The summed E-state index contributed by atoms with van der Waals surface area (Å²) < 4.78 is 11.5. The number of carbonyl (C=O) groups excluding carboxylic acids is 1. The molecule has 26 heavy (non-hydrogen) atoms. The van der Waals surface area contributed by atoms with Gasteiger partial charge in [-0.3, -0.25) is 9.69 Å². The number of piperidine rings is 1. The molecule has 142 valence electrons. The fraction of sp³-hybridized carbons (Fsp3) is 0.667. The Bertz CT molecular complexity index is 618. The molecule has 0 bridgehead atoms. The topological polar surface area (TPSA) is 42.0 Å². The van der Waals surface area contributed by atoms with Crippen LogP contribution in [0.15, 0.2) is 18.2 Å². The summed E-state index contributed by atoms with van der Waals surface area (Å²) >= 11 is 0. The van der Waals surface area contributed by atoms with E-state index in [9.17, 15) is 4.79 Å². The van der Waals surface area contributed by atoms with Gasteiger partial charge < -0.3 is 14.4 Å². The van der Waals surface area contributed by atoms with Crippen LogP contribution in [0, 0.1) is 5.92 Å². The number of rotatable bonds is 3. The highest BCUT2D eigenvalue weighted by molar-refractivity contribution is 5.79. The summed E-state index contributed by atoms with van der Waals surface area (Å²) in [5, 5.41) is 0. The smallest absolute Gasteiger partial charge is 0.225 e. The van der Waals surface area contributed by atoms with E-state index in [1.54, 1.807) is 0 Å². The highest BCUT2D eigenvalue weighted by Crippen LogP contribution is 2.35. The summed E-state index contributed by atoms with van der Waals surface area (Å²) in [6.45, 7) is 6.01. The maximum atomic E-state index is 12.8. The van der Waals surface area contributed by atoms with Crippen molar-refractivity contribution in [1.82, 2.24) is 9.80 Å². The largest absolute Gasteiger partial charge is 0.486 e. The molecule has 2 saturated heterocycles. The Morgan fingerprint density at radius 3 is 2.46 bits per heavy atom. The minimum Gasteiger partial charge on any atom is -0.486 e. The fourth-order valence-corrected chi connectivity index (χ4v) is 4.39. The molecule has 3 aliphatic rings. The molecule has 5 heteroatoms. The van der Waals surface area contributed by atoms with Gasteiger partial charge in [0.15, 0.2) is 11.5 Å². The predicted molar refractivity (Wildman–Crippen MR) is 100 cm³/mol. The molecule has 0 atom stereocenters. The lowest BCUT2D eigenvalue weighted by molar-refractivity contribution is -0.137. The fourth-order valence-electron chi connectivity index (χ4n) is 4.39. The minimum atomic E-state index is 0.216. The van der Waals surface area contributed by atoms with Crippen molar-refractivity contribution in [3.05, 3.63) is 23.8 Å². The highest BCUT2D eigenvalue weighted by Gasteiger charge is 2.29. The molecule has 0 spiro atoms. The molecule has 4 rings (SSSR count). The lowest BCUT2D eigenvalue weighted by Gasteiger charge is -2.34. The molecule has 5 nitrogen and oxygen atoms in total. The van der Waals surface area contributed by atoms with Gasteiger partial charge in [0.25, 0.3) is 0 Å². The van der Waals surface area contributed by atoms with Crippen LogP contribution < -0.4 is 9.47 Å². The van der Waals surface area contributed by atoms with Crippen LogP contribution in [0.5, 0.6) is 11.5 Å². The van der Waals surface area contributed by atoms with Gasteiger partial charge >= 0.3 is 0 Å². The molecule has 0 unspecified atom stereocenters. The number of amides is 1. The Morgan fingerprint density at radius 2 is 1.69 bits per heavy atom. The Balaban J connectivity index is 1.32. The summed E-state index contributed by atoms with van der Waals surface area (Å²) in [6, 6.07) is 6.14. The first-order chi connectivity index (χ1) is 12.8. The molecule has 0 aliphatic carbocycles. The first kappa shape index (κ1) is 17.7. The van der Waals surface area contributed by atoms with Gasteiger partial charge in [-0.15, -0.1) is 0 Å². The van der Waals surface area contributed by atoms with Gasteiger partial charge in [-0.1, -0.05) is 25.0 Å². The van der Waals surface area contributed by atoms with Crippen molar-refractivity contribution in [1.29, 1.82) is 0 Å². The highest BCUT2D eigenvalue weighted by atomic mass is 16.6. The van der Waals surface area contributed by atoms with Gasteiger partial charge in [0.1, 0.15) is 13.2 Å². The molecule has 0 saturated carbocycles. The first-order valence-electron chi connectivity index (χ1n) is 10.2. The Labute approximate surface area is 156 Å². The molecule has 0 N–H and O–H groups in total. The molecular formula is C21H30N2O3. The summed E-state index contributed by atoms with van der Waals surface area (Å²) in [5.41, 5.74) is 1.19. The normalized spacial score (nSPS) is 22.1. The second-order valence-electron chi connectivity index (χ2n) is 7.73. The molecule has 1 aromatic rings. The van der Waals surface area contributed by atoms with Crippen LogP contribution >= 0.6 is 0 Å². The van der Waals surface area contributed by atoms with Crippen LogP contribution in [0.25, 0.3) is 0 Å². The van der Waals surface area contributed by atoms with Crippen molar-refractivity contribution in [2.45, 2.75) is 45.1 Å². The lowest BCUT2D eigenvalue weighted by atomic mass is 9.94. The zero-order valence-electron chi connectivity index (χ0n) is 15.6. The molecule has 1 amide bonds. The summed E-state index contributed by atoms with van der Waals surface area (Å²) in [4.78, 5) is 17.4. The maximum Gasteiger partial charge on any atom is 0.225 e. The van der Waals surface area contributed by atoms with Gasteiger partial charge in [0, 0.05) is 31.1 Å². The molecule has 2 fully saturated rings. The second-order valence-corrected chi connectivity index (χ2v) is 7.73. The van der Waals surface area contributed by atoms with E-state index in [0.717, 1.165) is 57.1 Å². The number of para-hydroxylation sites is 1. The molecule has 0 radical (unpaired) electrons. The lowest BCUT2D eigenvalue weighted by Crippen LogP contribution is -2.42. The number of hydrogen-bond acceptors (Lipinski definition) is 4.